The molecule has 1 aliphatic heterocycles. The predicted molar refractivity (Wildman–Crippen MR) is 133 cm³/mol. The Morgan fingerprint density at radius 3 is 2.46 bits per heavy atom. The maximum Gasteiger partial charge on any atom is 0.338 e. The molecular formula is C26H26N2O6S. The topological polar surface area (TPSA) is 88.4 Å². The molecule has 4 rings (SSSR count). The zero-order chi connectivity index (χ0) is 25.1. The van der Waals surface area contributed by atoms with Gasteiger partial charge in [0.2, 0.25) is 0 Å². The third-order valence-electron chi connectivity index (χ3n) is 5.64. The molecule has 182 valence electrons. The fourth-order valence-corrected chi connectivity index (χ4v) is 5.04. The number of ether oxygens (including phenoxy) is 4. The Morgan fingerprint density at radius 1 is 1.09 bits per heavy atom. The number of thiazole rings is 1. The highest BCUT2D eigenvalue weighted by atomic mass is 32.1. The van der Waals surface area contributed by atoms with E-state index in [2.05, 4.69) is 4.99 Å². The van der Waals surface area contributed by atoms with E-state index in [4.69, 9.17) is 18.9 Å². The highest BCUT2D eigenvalue weighted by Crippen LogP contribution is 2.32. The summed E-state index contributed by atoms with van der Waals surface area (Å²) in [6.07, 6.45) is 1.78. The number of aromatic nitrogens is 1. The lowest BCUT2D eigenvalue weighted by Crippen LogP contribution is -2.39. The Kier molecular flexibility index (Phi) is 7.07. The van der Waals surface area contributed by atoms with E-state index < -0.39 is 12.0 Å². The molecule has 0 fully saturated rings. The first-order valence-electron chi connectivity index (χ1n) is 11.0. The summed E-state index contributed by atoms with van der Waals surface area (Å²) in [6.45, 7) is 4.16. The van der Waals surface area contributed by atoms with E-state index in [0.717, 1.165) is 11.1 Å². The van der Waals surface area contributed by atoms with Crippen LogP contribution in [0.25, 0.3) is 6.08 Å². The van der Waals surface area contributed by atoms with Crippen LogP contribution in [-0.4, -0.2) is 38.5 Å². The number of methoxy groups -OCH3 is 3. The molecule has 0 radical (unpaired) electrons. The van der Waals surface area contributed by atoms with Crippen molar-refractivity contribution in [2.45, 2.75) is 19.9 Å². The predicted octanol–water partition coefficient (Wildman–Crippen LogP) is 2.82. The Balaban J connectivity index is 1.90. The van der Waals surface area contributed by atoms with Crippen LogP contribution in [0.15, 0.2) is 63.5 Å². The zero-order valence-corrected chi connectivity index (χ0v) is 21.0. The molecule has 0 saturated carbocycles. The number of carbonyl (C=O) groups is 1. The van der Waals surface area contributed by atoms with Gasteiger partial charge in [-0.25, -0.2) is 9.79 Å². The second kappa shape index (κ2) is 10.2. The maximum atomic E-state index is 13.6. The minimum absolute atomic E-state index is 0.253. The van der Waals surface area contributed by atoms with Crippen molar-refractivity contribution in [3.63, 3.8) is 0 Å². The molecule has 8 nitrogen and oxygen atoms in total. The Morgan fingerprint density at radius 2 is 1.83 bits per heavy atom. The average molecular weight is 495 g/mol. The Bertz CT molecular complexity index is 1470. The molecule has 1 aliphatic rings. The largest absolute Gasteiger partial charge is 0.497 e. The van der Waals surface area contributed by atoms with E-state index in [0.29, 0.717) is 44.5 Å². The van der Waals surface area contributed by atoms with E-state index in [1.54, 1.807) is 43.9 Å². The number of fused-ring (bicyclic) bond motifs is 1. The first kappa shape index (κ1) is 24.3. The van der Waals surface area contributed by atoms with Crippen LogP contribution in [0.4, 0.5) is 0 Å². The average Bonchev–Trinajstić information content (AvgIpc) is 3.17. The summed E-state index contributed by atoms with van der Waals surface area (Å²) in [5.74, 6) is 1.35. The van der Waals surface area contributed by atoms with Gasteiger partial charge in [0.05, 0.1) is 49.8 Å². The molecule has 2 aromatic carbocycles. The summed E-state index contributed by atoms with van der Waals surface area (Å²) in [7, 11) is 4.47. The van der Waals surface area contributed by atoms with Crippen LogP contribution in [-0.2, 0) is 9.53 Å². The fraction of sp³-hybridized carbons (Fsp3) is 0.269. The quantitative estimate of drug-likeness (QED) is 0.470. The molecule has 0 bridgehead atoms. The van der Waals surface area contributed by atoms with Crippen molar-refractivity contribution in [3.05, 3.63) is 84.5 Å². The van der Waals surface area contributed by atoms with E-state index in [9.17, 15) is 9.59 Å². The van der Waals surface area contributed by atoms with E-state index >= 15 is 0 Å². The van der Waals surface area contributed by atoms with Crippen molar-refractivity contribution in [2.75, 3.05) is 27.9 Å². The number of esters is 1. The second-order valence-electron chi connectivity index (χ2n) is 7.69. The Labute approximate surface area is 206 Å². The number of benzene rings is 2. The van der Waals surface area contributed by atoms with Gasteiger partial charge in [0.25, 0.3) is 5.56 Å². The smallest absolute Gasteiger partial charge is 0.338 e. The number of carbonyl (C=O) groups excluding carboxylic acids is 1. The minimum Gasteiger partial charge on any atom is -0.497 e. The van der Waals surface area contributed by atoms with Crippen LogP contribution in [0.5, 0.6) is 17.2 Å². The van der Waals surface area contributed by atoms with Gasteiger partial charge in [-0.2, -0.15) is 0 Å². The number of hydrogen-bond acceptors (Lipinski definition) is 8. The van der Waals surface area contributed by atoms with Gasteiger partial charge in [0.1, 0.15) is 5.75 Å². The van der Waals surface area contributed by atoms with Crippen molar-refractivity contribution in [1.82, 2.24) is 4.57 Å². The van der Waals surface area contributed by atoms with Gasteiger partial charge in [-0.15, -0.1) is 0 Å². The molecule has 0 aliphatic carbocycles. The fourth-order valence-electron chi connectivity index (χ4n) is 3.99. The highest BCUT2D eigenvalue weighted by molar-refractivity contribution is 7.07. The summed E-state index contributed by atoms with van der Waals surface area (Å²) in [4.78, 5) is 31.5. The van der Waals surface area contributed by atoms with Crippen LogP contribution in [0.1, 0.15) is 31.0 Å². The van der Waals surface area contributed by atoms with Gasteiger partial charge >= 0.3 is 5.97 Å². The van der Waals surface area contributed by atoms with Crippen LogP contribution >= 0.6 is 11.3 Å². The molecule has 0 spiro atoms. The molecule has 0 N–H and O–H groups in total. The lowest BCUT2D eigenvalue weighted by Gasteiger charge is -2.24. The highest BCUT2D eigenvalue weighted by Gasteiger charge is 2.33. The summed E-state index contributed by atoms with van der Waals surface area (Å²) >= 11 is 1.26. The number of nitrogens with zero attached hydrogens (tertiary/aromatic N) is 2. The molecule has 1 unspecified atom stereocenters. The number of rotatable bonds is 7. The molecule has 1 aromatic heterocycles. The third-order valence-corrected chi connectivity index (χ3v) is 6.63. The monoisotopic (exact) mass is 494 g/mol. The summed E-state index contributed by atoms with van der Waals surface area (Å²) in [6, 6.07) is 12.1. The van der Waals surface area contributed by atoms with Gasteiger partial charge in [-0.3, -0.25) is 9.36 Å². The van der Waals surface area contributed by atoms with Crippen LogP contribution in [0.2, 0.25) is 0 Å². The van der Waals surface area contributed by atoms with Crippen molar-refractivity contribution >= 4 is 23.4 Å². The summed E-state index contributed by atoms with van der Waals surface area (Å²) in [5, 5.41) is 0. The van der Waals surface area contributed by atoms with Gasteiger partial charge in [-0.1, -0.05) is 29.5 Å². The van der Waals surface area contributed by atoms with Crippen molar-refractivity contribution in [1.29, 1.82) is 0 Å². The lowest BCUT2D eigenvalue weighted by atomic mass is 9.96. The van der Waals surface area contributed by atoms with E-state index in [1.165, 1.54) is 18.4 Å². The summed E-state index contributed by atoms with van der Waals surface area (Å²) in [5.41, 5.74) is 2.10. The van der Waals surface area contributed by atoms with Crippen LogP contribution < -0.4 is 29.1 Å². The first-order chi connectivity index (χ1) is 16.9. The van der Waals surface area contributed by atoms with Gasteiger partial charge in [0.15, 0.2) is 16.3 Å². The van der Waals surface area contributed by atoms with Crippen molar-refractivity contribution in [3.8, 4) is 17.2 Å². The molecule has 1 atom stereocenters. The zero-order valence-electron chi connectivity index (χ0n) is 20.2. The standard InChI is InChI=1S/C26H26N2O6S/c1-6-34-19-12-7-16(13-20(19)32-4)14-21-24(29)28-23(17-8-10-18(31-3)11-9-17)22(25(30)33-5)15(2)27-26(28)35-21/h7-14,23H,6H2,1-5H3/b21-14-. The molecule has 3 aromatic rings. The van der Waals surface area contributed by atoms with Gasteiger partial charge in [-0.05, 0) is 55.3 Å². The van der Waals surface area contributed by atoms with Gasteiger partial charge < -0.3 is 18.9 Å². The second-order valence-corrected chi connectivity index (χ2v) is 8.70. The van der Waals surface area contributed by atoms with E-state index in [1.807, 2.05) is 37.3 Å². The van der Waals surface area contributed by atoms with E-state index in [-0.39, 0.29) is 5.56 Å². The maximum absolute atomic E-state index is 13.6. The molecular weight excluding hydrogens is 468 g/mol. The van der Waals surface area contributed by atoms with Crippen molar-refractivity contribution in [2.24, 2.45) is 4.99 Å². The third kappa shape index (κ3) is 4.59. The molecule has 0 saturated heterocycles. The summed E-state index contributed by atoms with van der Waals surface area (Å²) < 4.78 is 23.4. The first-order valence-corrected chi connectivity index (χ1v) is 11.8. The van der Waals surface area contributed by atoms with Gasteiger partial charge in [0, 0.05) is 0 Å². The lowest BCUT2D eigenvalue weighted by molar-refractivity contribution is -0.136. The Hall–Kier alpha value is -3.85. The SMILES string of the molecule is CCOc1ccc(/C=c2\sc3n(c2=O)C(c2ccc(OC)cc2)C(C(=O)OC)=C(C)N=3)cc1OC. The molecule has 35 heavy (non-hydrogen) atoms. The molecule has 2 heterocycles. The molecule has 0 amide bonds. The van der Waals surface area contributed by atoms with Crippen LogP contribution in [0, 0.1) is 0 Å². The minimum atomic E-state index is -0.679. The van der Waals surface area contributed by atoms with Crippen molar-refractivity contribution < 1.29 is 23.7 Å². The number of hydrogen-bond donors (Lipinski definition) is 0. The van der Waals surface area contributed by atoms with Crippen LogP contribution in [0.3, 0.4) is 0 Å². The number of allylic oxidation sites excluding steroid dienone is 1. The molecule has 9 heteroatoms. The normalized spacial score (nSPS) is 15.3.